The summed E-state index contributed by atoms with van der Waals surface area (Å²) in [6.45, 7) is 1.77. The van der Waals surface area contributed by atoms with Gasteiger partial charge < -0.3 is 0 Å². The van der Waals surface area contributed by atoms with Gasteiger partial charge in [0, 0.05) is 17.3 Å². The number of hydrogen-bond donors (Lipinski definition) is 2. The zero-order chi connectivity index (χ0) is 16.2. The van der Waals surface area contributed by atoms with E-state index in [2.05, 4.69) is 21.4 Å². The second-order valence-electron chi connectivity index (χ2n) is 4.93. The average Bonchev–Trinajstić information content (AvgIpc) is 3.18. The Balaban J connectivity index is 1.77. The Kier molecular flexibility index (Phi) is 3.91. The van der Waals surface area contributed by atoms with E-state index >= 15 is 0 Å². The van der Waals surface area contributed by atoms with Gasteiger partial charge in [0.15, 0.2) is 0 Å². The molecular weight excluding hydrogens is 292 g/mol. The van der Waals surface area contributed by atoms with E-state index in [0.29, 0.717) is 22.5 Å². The molecule has 3 rings (SSSR count). The van der Waals surface area contributed by atoms with E-state index in [-0.39, 0.29) is 11.5 Å². The summed E-state index contributed by atoms with van der Waals surface area (Å²) in [4.78, 5) is 24.2. The summed E-state index contributed by atoms with van der Waals surface area (Å²) in [5, 5.41) is 6.83. The molecule has 1 aliphatic rings. The van der Waals surface area contributed by atoms with Crippen LogP contribution < -0.4 is 11.0 Å². The Morgan fingerprint density at radius 3 is 2.83 bits per heavy atom. The van der Waals surface area contributed by atoms with Gasteiger partial charge in [-0.25, -0.2) is 10.1 Å². The first-order valence-electron chi connectivity index (χ1n) is 7.00. The predicted molar refractivity (Wildman–Crippen MR) is 88.2 cm³/mol. The molecule has 0 spiro atoms. The molecule has 0 fully saturated rings. The van der Waals surface area contributed by atoms with Gasteiger partial charge in [0.05, 0.1) is 17.5 Å². The Labute approximate surface area is 132 Å². The van der Waals surface area contributed by atoms with Crippen LogP contribution in [-0.2, 0) is 0 Å². The van der Waals surface area contributed by atoms with E-state index in [1.54, 1.807) is 49.4 Å². The van der Waals surface area contributed by atoms with Crippen LogP contribution in [0.2, 0.25) is 0 Å². The lowest BCUT2D eigenvalue weighted by Gasteiger charge is -1.98. The van der Waals surface area contributed by atoms with Gasteiger partial charge in [-0.15, -0.1) is 5.73 Å². The first kappa shape index (κ1) is 14.6. The first-order valence-corrected chi connectivity index (χ1v) is 7.00. The van der Waals surface area contributed by atoms with Crippen LogP contribution in [0.1, 0.15) is 21.6 Å². The summed E-state index contributed by atoms with van der Waals surface area (Å²) >= 11 is 0. The highest BCUT2D eigenvalue weighted by molar-refractivity contribution is 5.94. The van der Waals surface area contributed by atoms with Crippen LogP contribution in [0.15, 0.2) is 64.2 Å². The Morgan fingerprint density at radius 2 is 2.13 bits per heavy atom. The molecule has 0 saturated carbocycles. The maximum absolute atomic E-state index is 12.3. The van der Waals surface area contributed by atoms with E-state index in [4.69, 9.17) is 0 Å². The monoisotopic (exact) mass is 306 g/mol. The van der Waals surface area contributed by atoms with Crippen molar-refractivity contribution in [1.82, 2.24) is 15.2 Å². The normalized spacial score (nSPS) is 12.8. The van der Waals surface area contributed by atoms with Crippen LogP contribution in [-0.4, -0.2) is 21.9 Å². The van der Waals surface area contributed by atoms with E-state index in [1.807, 2.05) is 6.07 Å². The van der Waals surface area contributed by atoms with Gasteiger partial charge in [-0.05, 0) is 31.2 Å². The number of benzene rings is 1. The number of nitrogens with zero attached hydrogens (tertiary/aromatic N) is 2. The lowest BCUT2D eigenvalue weighted by Crippen LogP contribution is -2.20. The summed E-state index contributed by atoms with van der Waals surface area (Å²) in [5.74, 6) is -0.332. The molecule has 0 aliphatic heterocycles. The molecule has 114 valence electrons. The summed E-state index contributed by atoms with van der Waals surface area (Å²) in [6.07, 6.45) is 6.55. The third kappa shape index (κ3) is 2.97. The minimum Gasteiger partial charge on any atom is -0.295 e. The van der Waals surface area contributed by atoms with Gasteiger partial charge in [0.25, 0.3) is 11.5 Å². The van der Waals surface area contributed by atoms with E-state index in [9.17, 15) is 9.59 Å². The SMILES string of the molecule is Cc1[nH]n(C2=CC=C=C2)c(=O)c1C=NNC(=O)c1ccccc1. The molecule has 2 aromatic rings. The lowest BCUT2D eigenvalue weighted by atomic mass is 10.2. The highest BCUT2D eigenvalue weighted by atomic mass is 16.2. The largest absolute Gasteiger partial charge is 0.295 e. The number of aromatic nitrogens is 2. The van der Waals surface area contributed by atoms with Gasteiger partial charge in [0.1, 0.15) is 0 Å². The van der Waals surface area contributed by atoms with Crippen molar-refractivity contribution in [2.45, 2.75) is 6.92 Å². The quantitative estimate of drug-likeness (QED) is 0.513. The molecule has 0 unspecified atom stereocenters. The standard InChI is InChI=1S/C17H14N4O2/c1-12-15(17(23)21(20-12)14-9-5-6-10-14)11-18-19-16(22)13-7-3-2-4-8-13/h2-5,7-11,20H,1H3,(H,19,22). The third-order valence-electron chi connectivity index (χ3n) is 3.35. The molecule has 6 heteroatoms. The molecule has 1 aromatic heterocycles. The topological polar surface area (TPSA) is 79.2 Å². The summed E-state index contributed by atoms with van der Waals surface area (Å²) in [7, 11) is 0. The Morgan fingerprint density at radius 1 is 1.35 bits per heavy atom. The van der Waals surface area contributed by atoms with Gasteiger partial charge in [-0.3, -0.25) is 14.7 Å². The summed E-state index contributed by atoms with van der Waals surface area (Å²) in [5.41, 5.74) is 7.31. The van der Waals surface area contributed by atoms with Crippen molar-refractivity contribution >= 4 is 17.8 Å². The van der Waals surface area contributed by atoms with Crippen molar-refractivity contribution in [3.8, 4) is 0 Å². The zero-order valence-corrected chi connectivity index (χ0v) is 12.4. The number of hydrazone groups is 1. The number of amides is 1. The van der Waals surface area contributed by atoms with E-state index in [1.165, 1.54) is 10.9 Å². The maximum atomic E-state index is 12.3. The highest BCUT2D eigenvalue weighted by Gasteiger charge is 2.12. The molecule has 0 radical (unpaired) electrons. The first-order chi connectivity index (χ1) is 11.2. The molecular formula is C17H14N4O2. The van der Waals surface area contributed by atoms with Crippen molar-refractivity contribution in [1.29, 1.82) is 0 Å². The van der Waals surface area contributed by atoms with Crippen LogP contribution in [0.5, 0.6) is 0 Å². The Bertz CT molecular complexity index is 923. The number of aryl methyl sites for hydroxylation is 1. The summed E-state index contributed by atoms with van der Waals surface area (Å²) < 4.78 is 1.41. The number of nitrogens with one attached hydrogen (secondary N) is 2. The van der Waals surface area contributed by atoms with Gasteiger partial charge in [0.2, 0.25) is 0 Å². The van der Waals surface area contributed by atoms with Gasteiger partial charge in [-0.2, -0.15) is 5.10 Å². The van der Waals surface area contributed by atoms with Crippen molar-refractivity contribution in [2.75, 3.05) is 0 Å². The average molecular weight is 306 g/mol. The maximum Gasteiger partial charge on any atom is 0.280 e. The molecule has 0 atom stereocenters. The second-order valence-corrected chi connectivity index (χ2v) is 4.93. The van der Waals surface area contributed by atoms with Crippen LogP contribution >= 0.6 is 0 Å². The molecule has 6 nitrogen and oxygen atoms in total. The molecule has 1 aliphatic carbocycles. The lowest BCUT2D eigenvalue weighted by molar-refractivity contribution is 0.0955. The minimum atomic E-state index is -0.332. The smallest absolute Gasteiger partial charge is 0.280 e. The number of aromatic amines is 1. The number of H-pyrrole nitrogens is 1. The van der Waals surface area contributed by atoms with Crippen molar-refractivity contribution in [3.05, 3.63) is 81.5 Å². The van der Waals surface area contributed by atoms with Crippen molar-refractivity contribution in [2.24, 2.45) is 5.10 Å². The van der Waals surface area contributed by atoms with Gasteiger partial charge >= 0.3 is 0 Å². The molecule has 23 heavy (non-hydrogen) atoms. The molecule has 1 aromatic carbocycles. The Hall–Kier alpha value is -3.37. The van der Waals surface area contributed by atoms with Crippen molar-refractivity contribution < 1.29 is 4.79 Å². The fourth-order valence-corrected chi connectivity index (χ4v) is 2.16. The highest BCUT2D eigenvalue weighted by Crippen LogP contribution is 2.08. The van der Waals surface area contributed by atoms with Crippen molar-refractivity contribution in [3.63, 3.8) is 0 Å². The number of rotatable bonds is 4. The van der Waals surface area contributed by atoms with Crippen LogP contribution in [0.4, 0.5) is 0 Å². The molecule has 1 amide bonds. The van der Waals surface area contributed by atoms with E-state index < -0.39 is 0 Å². The third-order valence-corrected chi connectivity index (χ3v) is 3.35. The molecule has 0 saturated heterocycles. The van der Waals surface area contributed by atoms with Crippen LogP contribution in [0.25, 0.3) is 5.70 Å². The van der Waals surface area contributed by atoms with Crippen LogP contribution in [0.3, 0.4) is 0 Å². The molecule has 1 heterocycles. The van der Waals surface area contributed by atoms with Crippen LogP contribution in [0, 0.1) is 6.92 Å². The molecule has 0 bridgehead atoms. The molecule has 2 N–H and O–H groups in total. The number of carbonyl (C=O) groups is 1. The second kappa shape index (κ2) is 6.17. The summed E-state index contributed by atoms with van der Waals surface area (Å²) in [6, 6.07) is 8.73. The number of allylic oxidation sites excluding steroid dienone is 3. The van der Waals surface area contributed by atoms with E-state index in [0.717, 1.165) is 0 Å². The minimum absolute atomic E-state index is 0.236. The number of hydrogen-bond acceptors (Lipinski definition) is 3. The fraction of sp³-hybridized carbons (Fsp3) is 0.0588. The van der Waals surface area contributed by atoms with Gasteiger partial charge in [-0.1, -0.05) is 18.2 Å². The number of carbonyl (C=O) groups excluding carboxylic acids is 1. The fourth-order valence-electron chi connectivity index (χ4n) is 2.16. The predicted octanol–water partition coefficient (Wildman–Crippen LogP) is 1.81. The zero-order valence-electron chi connectivity index (χ0n) is 12.4.